The van der Waals surface area contributed by atoms with Crippen LogP contribution in [-0.2, 0) is 4.79 Å². The SMILES string of the molecule is CC#CNCC(=O)O. The van der Waals surface area contributed by atoms with Crippen molar-refractivity contribution in [2.24, 2.45) is 0 Å². The Kier molecular flexibility index (Phi) is 3.42. The van der Waals surface area contributed by atoms with E-state index in [-0.39, 0.29) is 6.54 Å². The zero-order chi connectivity index (χ0) is 6.41. The topological polar surface area (TPSA) is 49.3 Å². The molecular formula is C5H7NO2. The Hall–Kier alpha value is -1.17. The van der Waals surface area contributed by atoms with Gasteiger partial charge in [-0.05, 0) is 6.92 Å². The number of aliphatic carboxylic acids is 1. The fourth-order valence-electron chi connectivity index (χ4n) is 0.208. The number of nitrogens with one attached hydrogen (secondary N) is 1. The standard InChI is InChI=1S/C5H7NO2/c1-2-3-6-4-5(7)8/h6H,4H2,1H3,(H,7,8). The summed E-state index contributed by atoms with van der Waals surface area (Å²) >= 11 is 0. The zero-order valence-corrected chi connectivity index (χ0v) is 4.56. The van der Waals surface area contributed by atoms with Gasteiger partial charge < -0.3 is 10.4 Å². The number of hydrogen-bond donors (Lipinski definition) is 2. The molecule has 0 saturated heterocycles. The fourth-order valence-corrected chi connectivity index (χ4v) is 0.208. The van der Waals surface area contributed by atoms with Gasteiger partial charge in [-0.3, -0.25) is 4.79 Å². The molecule has 3 nitrogen and oxygen atoms in total. The van der Waals surface area contributed by atoms with Gasteiger partial charge >= 0.3 is 5.97 Å². The van der Waals surface area contributed by atoms with Crippen LogP contribution in [0.15, 0.2) is 0 Å². The summed E-state index contributed by atoms with van der Waals surface area (Å²) in [6.45, 7) is 1.54. The second kappa shape index (κ2) is 4.00. The van der Waals surface area contributed by atoms with Crippen LogP contribution in [0.1, 0.15) is 6.92 Å². The molecule has 0 aliphatic heterocycles. The molecule has 0 heterocycles. The van der Waals surface area contributed by atoms with E-state index in [1.165, 1.54) is 0 Å². The minimum absolute atomic E-state index is 0.0964. The van der Waals surface area contributed by atoms with E-state index in [0.29, 0.717) is 0 Å². The maximum atomic E-state index is 9.74. The van der Waals surface area contributed by atoms with Crippen molar-refractivity contribution < 1.29 is 9.90 Å². The van der Waals surface area contributed by atoms with Gasteiger partial charge in [0.2, 0.25) is 0 Å². The maximum absolute atomic E-state index is 9.74. The molecule has 0 saturated carbocycles. The van der Waals surface area contributed by atoms with Crippen molar-refractivity contribution in [3.63, 3.8) is 0 Å². The van der Waals surface area contributed by atoms with Crippen molar-refractivity contribution >= 4 is 5.97 Å². The molecule has 0 spiro atoms. The summed E-state index contributed by atoms with van der Waals surface area (Å²) in [6, 6.07) is 2.40. The number of hydrogen-bond acceptors (Lipinski definition) is 2. The lowest BCUT2D eigenvalue weighted by Gasteiger charge is -1.86. The Morgan fingerprint density at radius 1 is 1.88 bits per heavy atom. The highest BCUT2D eigenvalue weighted by atomic mass is 16.4. The van der Waals surface area contributed by atoms with Gasteiger partial charge in [0.1, 0.15) is 6.54 Å². The molecule has 0 bridgehead atoms. The van der Waals surface area contributed by atoms with E-state index in [0.717, 1.165) is 0 Å². The van der Waals surface area contributed by atoms with Crippen molar-refractivity contribution in [2.75, 3.05) is 6.54 Å². The maximum Gasteiger partial charge on any atom is 0.323 e. The fraction of sp³-hybridized carbons (Fsp3) is 0.400. The summed E-state index contributed by atoms with van der Waals surface area (Å²) < 4.78 is 0. The largest absolute Gasteiger partial charge is 0.480 e. The molecule has 8 heavy (non-hydrogen) atoms. The van der Waals surface area contributed by atoms with Crippen LogP contribution in [0, 0.1) is 12.0 Å². The lowest BCUT2D eigenvalue weighted by molar-refractivity contribution is -0.135. The molecular weight excluding hydrogens is 106 g/mol. The number of carbonyl (C=O) groups is 1. The van der Waals surface area contributed by atoms with Crippen LogP contribution < -0.4 is 5.32 Å². The molecule has 0 aliphatic rings. The van der Waals surface area contributed by atoms with E-state index in [2.05, 4.69) is 17.3 Å². The first-order chi connectivity index (χ1) is 3.77. The molecule has 44 valence electrons. The molecule has 0 aromatic rings. The van der Waals surface area contributed by atoms with Crippen LogP contribution in [0.5, 0.6) is 0 Å². The average Bonchev–Trinajstić information content (AvgIpc) is 1.66. The quantitative estimate of drug-likeness (QED) is 0.380. The predicted molar refractivity (Wildman–Crippen MR) is 29.1 cm³/mol. The molecule has 0 rings (SSSR count). The average molecular weight is 113 g/mol. The third-order valence-corrected chi connectivity index (χ3v) is 0.453. The Morgan fingerprint density at radius 3 is 2.88 bits per heavy atom. The Labute approximate surface area is 47.7 Å². The molecule has 0 aromatic carbocycles. The van der Waals surface area contributed by atoms with Gasteiger partial charge in [0.15, 0.2) is 0 Å². The summed E-state index contributed by atoms with van der Waals surface area (Å²) in [5.41, 5.74) is 0. The molecule has 0 radical (unpaired) electrons. The lowest BCUT2D eigenvalue weighted by Crippen LogP contribution is -2.16. The zero-order valence-electron chi connectivity index (χ0n) is 4.56. The normalized spacial score (nSPS) is 6.62. The van der Waals surface area contributed by atoms with Gasteiger partial charge in [0.05, 0.1) is 0 Å². The Bertz CT molecular complexity index is 131. The van der Waals surface area contributed by atoms with E-state index < -0.39 is 5.97 Å². The Balaban J connectivity index is 3.14. The van der Waals surface area contributed by atoms with Gasteiger partial charge in [-0.1, -0.05) is 5.92 Å². The highest BCUT2D eigenvalue weighted by Gasteiger charge is 1.88. The third-order valence-electron chi connectivity index (χ3n) is 0.453. The van der Waals surface area contributed by atoms with Gasteiger partial charge in [0, 0.05) is 6.04 Å². The van der Waals surface area contributed by atoms with E-state index in [9.17, 15) is 4.79 Å². The molecule has 2 N–H and O–H groups in total. The van der Waals surface area contributed by atoms with E-state index in [1.807, 2.05) is 0 Å². The summed E-state index contributed by atoms with van der Waals surface area (Å²) in [7, 11) is 0. The van der Waals surface area contributed by atoms with Gasteiger partial charge in [-0.2, -0.15) is 0 Å². The number of carboxylic acid groups (broad SMARTS) is 1. The van der Waals surface area contributed by atoms with Crippen molar-refractivity contribution in [1.82, 2.24) is 5.32 Å². The molecule has 0 fully saturated rings. The monoisotopic (exact) mass is 113 g/mol. The second-order valence-electron chi connectivity index (χ2n) is 1.12. The van der Waals surface area contributed by atoms with Gasteiger partial charge in [-0.25, -0.2) is 0 Å². The molecule has 0 unspecified atom stereocenters. The molecule has 0 aromatic heterocycles. The summed E-state index contributed by atoms with van der Waals surface area (Å²) in [5, 5.41) is 10.4. The highest BCUT2D eigenvalue weighted by Crippen LogP contribution is 1.55. The smallest absolute Gasteiger partial charge is 0.323 e. The Morgan fingerprint density at radius 2 is 2.50 bits per heavy atom. The second-order valence-corrected chi connectivity index (χ2v) is 1.12. The van der Waals surface area contributed by atoms with E-state index in [4.69, 9.17) is 5.11 Å². The number of rotatable bonds is 2. The van der Waals surface area contributed by atoms with E-state index >= 15 is 0 Å². The molecule has 0 aliphatic carbocycles. The molecule has 0 amide bonds. The van der Waals surface area contributed by atoms with Crippen LogP contribution in [0.2, 0.25) is 0 Å². The van der Waals surface area contributed by atoms with Crippen molar-refractivity contribution in [3.8, 4) is 12.0 Å². The summed E-state index contributed by atoms with van der Waals surface area (Å²) in [5.74, 6) is 1.60. The van der Waals surface area contributed by atoms with Gasteiger partial charge in [0.25, 0.3) is 0 Å². The third kappa shape index (κ3) is 4.83. The lowest BCUT2D eigenvalue weighted by atomic mass is 10.6. The first-order valence-corrected chi connectivity index (χ1v) is 2.13. The van der Waals surface area contributed by atoms with Crippen molar-refractivity contribution in [3.05, 3.63) is 0 Å². The molecule has 0 atom stereocenters. The summed E-state index contributed by atoms with van der Waals surface area (Å²) in [4.78, 5) is 9.74. The molecule has 3 heteroatoms. The highest BCUT2D eigenvalue weighted by molar-refractivity contribution is 5.69. The van der Waals surface area contributed by atoms with Crippen molar-refractivity contribution in [2.45, 2.75) is 6.92 Å². The van der Waals surface area contributed by atoms with Crippen LogP contribution in [0.3, 0.4) is 0 Å². The van der Waals surface area contributed by atoms with Gasteiger partial charge in [-0.15, -0.1) is 0 Å². The van der Waals surface area contributed by atoms with Crippen LogP contribution in [-0.4, -0.2) is 17.6 Å². The van der Waals surface area contributed by atoms with Crippen LogP contribution >= 0.6 is 0 Å². The first-order valence-electron chi connectivity index (χ1n) is 2.13. The van der Waals surface area contributed by atoms with Crippen molar-refractivity contribution in [1.29, 1.82) is 0 Å². The minimum atomic E-state index is -0.896. The van der Waals surface area contributed by atoms with Crippen LogP contribution in [0.4, 0.5) is 0 Å². The minimum Gasteiger partial charge on any atom is -0.480 e. The van der Waals surface area contributed by atoms with Crippen LogP contribution in [0.25, 0.3) is 0 Å². The first kappa shape index (κ1) is 6.83. The number of carboxylic acids is 1. The predicted octanol–water partition coefficient (Wildman–Crippen LogP) is -0.359. The van der Waals surface area contributed by atoms with E-state index in [1.54, 1.807) is 6.92 Å². The summed E-state index contributed by atoms with van der Waals surface area (Å²) in [6.07, 6.45) is 0.